The van der Waals surface area contributed by atoms with Crippen molar-refractivity contribution in [3.63, 3.8) is 0 Å². The molecule has 2 aromatic carbocycles. The molecule has 0 fully saturated rings. The van der Waals surface area contributed by atoms with Crippen molar-refractivity contribution in [3.05, 3.63) is 63.5 Å². The van der Waals surface area contributed by atoms with Crippen LogP contribution < -0.4 is 11.1 Å². The van der Waals surface area contributed by atoms with Crippen molar-refractivity contribution < 1.29 is 14.1 Å². The Hall–Kier alpha value is -2.96. The van der Waals surface area contributed by atoms with E-state index in [1.165, 1.54) is 0 Å². The summed E-state index contributed by atoms with van der Waals surface area (Å²) in [6.07, 6.45) is 0. The number of carbonyl (C=O) groups is 1. The zero-order valence-corrected chi connectivity index (χ0v) is 11.1. The monoisotopic (exact) mass is 289 g/mol. The summed E-state index contributed by atoms with van der Waals surface area (Å²) in [5.41, 5.74) is 6.48. The molecule has 2 rings (SSSR count). The van der Waals surface area contributed by atoms with Gasteiger partial charge in [-0.05, 0) is 25.1 Å². The van der Waals surface area contributed by atoms with Crippen molar-refractivity contribution in [2.45, 2.75) is 6.92 Å². The summed E-state index contributed by atoms with van der Waals surface area (Å²) >= 11 is 0. The van der Waals surface area contributed by atoms with Crippen LogP contribution in [-0.4, -0.2) is 10.8 Å². The number of anilines is 2. The Morgan fingerprint density at radius 2 is 2.00 bits per heavy atom. The first kappa shape index (κ1) is 14.4. The zero-order chi connectivity index (χ0) is 15.6. The highest BCUT2D eigenvalue weighted by Crippen LogP contribution is 2.22. The third-order valence-electron chi connectivity index (χ3n) is 2.87. The van der Waals surface area contributed by atoms with Crippen LogP contribution in [0.3, 0.4) is 0 Å². The summed E-state index contributed by atoms with van der Waals surface area (Å²) in [6, 6.07) is 7.90. The summed E-state index contributed by atoms with van der Waals surface area (Å²) < 4.78 is 13.7. The Labute approximate surface area is 119 Å². The van der Waals surface area contributed by atoms with Gasteiger partial charge in [0.1, 0.15) is 0 Å². The number of halogens is 1. The van der Waals surface area contributed by atoms with Gasteiger partial charge in [0.05, 0.1) is 22.2 Å². The number of nitrogens with zero attached hydrogens (tertiary/aromatic N) is 1. The van der Waals surface area contributed by atoms with Crippen molar-refractivity contribution in [1.82, 2.24) is 0 Å². The fraction of sp³-hybridized carbons (Fsp3) is 0.0714. The first-order chi connectivity index (χ1) is 9.88. The molecule has 0 spiro atoms. The van der Waals surface area contributed by atoms with Crippen LogP contribution in [0.5, 0.6) is 0 Å². The lowest BCUT2D eigenvalue weighted by atomic mass is 10.1. The summed E-state index contributed by atoms with van der Waals surface area (Å²) in [4.78, 5) is 21.9. The molecule has 0 aromatic heterocycles. The molecular formula is C14H12FN3O3. The number of benzene rings is 2. The smallest absolute Gasteiger partial charge is 0.272 e. The van der Waals surface area contributed by atoms with Crippen LogP contribution in [0.25, 0.3) is 0 Å². The molecule has 6 nitrogen and oxygen atoms in total. The van der Waals surface area contributed by atoms with Gasteiger partial charge in [-0.15, -0.1) is 0 Å². The van der Waals surface area contributed by atoms with E-state index in [0.717, 1.165) is 23.8 Å². The number of nitrogens with one attached hydrogen (secondary N) is 1. The van der Waals surface area contributed by atoms with Gasteiger partial charge in [0.2, 0.25) is 0 Å². The fourth-order valence-corrected chi connectivity index (χ4v) is 1.78. The van der Waals surface area contributed by atoms with E-state index in [4.69, 9.17) is 5.73 Å². The molecular weight excluding hydrogens is 277 g/mol. The molecule has 0 saturated heterocycles. The maximum Gasteiger partial charge on any atom is 0.272 e. The highest BCUT2D eigenvalue weighted by molar-refractivity contribution is 6.07. The van der Waals surface area contributed by atoms with Crippen molar-refractivity contribution in [2.75, 3.05) is 11.1 Å². The fourth-order valence-electron chi connectivity index (χ4n) is 1.78. The first-order valence-corrected chi connectivity index (χ1v) is 6.00. The number of carbonyl (C=O) groups excluding carboxylic acids is 1. The molecule has 0 unspecified atom stereocenters. The predicted octanol–water partition coefficient (Wildman–Crippen LogP) is 2.88. The normalized spacial score (nSPS) is 10.2. The quantitative estimate of drug-likeness (QED) is 0.515. The zero-order valence-electron chi connectivity index (χ0n) is 11.1. The van der Waals surface area contributed by atoms with Gasteiger partial charge in [0, 0.05) is 11.8 Å². The first-order valence-electron chi connectivity index (χ1n) is 6.00. The molecule has 0 atom stereocenters. The van der Waals surface area contributed by atoms with Crippen LogP contribution in [-0.2, 0) is 0 Å². The topological polar surface area (TPSA) is 98.3 Å². The van der Waals surface area contributed by atoms with Crippen molar-refractivity contribution >= 4 is 23.0 Å². The lowest BCUT2D eigenvalue weighted by Gasteiger charge is -2.09. The molecule has 108 valence electrons. The molecule has 0 radical (unpaired) electrons. The molecule has 0 bridgehead atoms. The summed E-state index contributed by atoms with van der Waals surface area (Å²) in [5, 5.41) is 12.9. The van der Waals surface area contributed by atoms with Crippen molar-refractivity contribution in [1.29, 1.82) is 0 Å². The molecule has 0 aliphatic carbocycles. The van der Waals surface area contributed by atoms with Crippen LogP contribution in [0.2, 0.25) is 0 Å². The van der Waals surface area contributed by atoms with E-state index in [1.54, 1.807) is 25.1 Å². The van der Waals surface area contributed by atoms with Gasteiger partial charge in [-0.2, -0.15) is 0 Å². The predicted molar refractivity (Wildman–Crippen MR) is 76.6 cm³/mol. The Balaban J connectivity index is 2.27. The van der Waals surface area contributed by atoms with Crippen LogP contribution in [0, 0.1) is 22.9 Å². The van der Waals surface area contributed by atoms with Gasteiger partial charge in [0.25, 0.3) is 11.6 Å². The number of rotatable bonds is 3. The maximum absolute atomic E-state index is 13.7. The Morgan fingerprint density at radius 3 is 2.62 bits per heavy atom. The average Bonchev–Trinajstić information content (AvgIpc) is 2.43. The van der Waals surface area contributed by atoms with E-state index in [2.05, 4.69) is 5.32 Å². The summed E-state index contributed by atoms with van der Waals surface area (Å²) in [5.74, 6) is -1.47. The van der Waals surface area contributed by atoms with Crippen LogP contribution in [0.15, 0.2) is 36.4 Å². The largest absolute Gasteiger partial charge is 0.398 e. The third kappa shape index (κ3) is 3.14. The number of hydrogen-bond acceptors (Lipinski definition) is 4. The van der Waals surface area contributed by atoms with E-state index in [1.807, 2.05) is 0 Å². The molecule has 0 saturated carbocycles. The van der Waals surface area contributed by atoms with Crippen molar-refractivity contribution in [2.24, 2.45) is 0 Å². The summed E-state index contributed by atoms with van der Waals surface area (Å²) in [7, 11) is 0. The molecule has 7 heteroatoms. The van der Waals surface area contributed by atoms with E-state index in [9.17, 15) is 19.3 Å². The molecule has 0 aliphatic rings. The Bertz CT molecular complexity index is 731. The Morgan fingerprint density at radius 1 is 1.29 bits per heavy atom. The van der Waals surface area contributed by atoms with Gasteiger partial charge in [-0.25, -0.2) is 4.39 Å². The number of non-ortho nitro benzene ring substituents is 1. The molecule has 3 N–H and O–H groups in total. The minimum atomic E-state index is -0.885. The number of nitrogen functional groups attached to an aromatic ring is 1. The van der Waals surface area contributed by atoms with E-state index >= 15 is 0 Å². The van der Waals surface area contributed by atoms with Gasteiger partial charge < -0.3 is 11.1 Å². The highest BCUT2D eigenvalue weighted by Gasteiger charge is 2.15. The molecule has 21 heavy (non-hydrogen) atoms. The highest BCUT2D eigenvalue weighted by atomic mass is 19.1. The molecule has 0 aliphatic heterocycles. The second-order valence-corrected chi connectivity index (χ2v) is 4.47. The number of nitro benzene ring substituents is 1. The molecule has 1 amide bonds. The standard InChI is InChI=1S/C14H12FN3O3/c1-8-2-4-12(16)10(6-8)14(19)17-13-5-3-9(18(20)21)7-11(13)15/h2-7H,16H2,1H3,(H,17,19). The third-order valence-corrected chi connectivity index (χ3v) is 2.87. The minimum Gasteiger partial charge on any atom is -0.398 e. The summed E-state index contributed by atoms with van der Waals surface area (Å²) in [6.45, 7) is 1.79. The number of amides is 1. The minimum absolute atomic E-state index is 0.147. The van der Waals surface area contributed by atoms with Crippen LogP contribution in [0.4, 0.5) is 21.5 Å². The van der Waals surface area contributed by atoms with E-state index in [-0.39, 0.29) is 22.6 Å². The van der Waals surface area contributed by atoms with Gasteiger partial charge >= 0.3 is 0 Å². The van der Waals surface area contributed by atoms with E-state index in [0.29, 0.717) is 0 Å². The number of aryl methyl sites for hydroxylation is 1. The maximum atomic E-state index is 13.7. The lowest BCUT2D eigenvalue weighted by molar-refractivity contribution is -0.385. The number of nitro groups is 1. The second-order valence-electron chi connectivity index (χ2n) is 4.47. The number of hydrogen-bond donors (Lipinski definition) is 2. The van der Waals surface area contributed by atoms with Crippen LogP contribution in [0.1, 0.15) is 15.9 Å². The van der Waals surface area contributed by atoms with Crippen molar-refractivity contribution in [3.8, 4) is 0 Å². The lowest BCUT2D eigenvalue weighted by Crippen LogP contribution is -2.15. The Kier molecular flexibility index (Phi) is 3.84. The second kappa shape index (κ2) is 5.58. The average molecular weight is 289 g/mol. The van der Waals surface area contributed by atoms with E-state index < -0.39 is 16.6 Å². The van der Waals surface area contributed by atoms with Crippen LogP contribution >= 0.6 is 0 Å². The molecule has 2 aromatic rings. The van der Waals surface area contributed by atoms with Gasteiger partial charge in [-0.3, -0.25) is 14.9 Å². The SMILES string of the molecule is Cc1ccc(N)c(C(=O)Nc2ccc([N+](=O)[O-])cc2F)c1. The molecule has 0 heterocycles. The van der Waals surface area contributed by atoms with Gasteiger partial charge in [-0.1, -0.05) is 11.6 Å². The van der Waals surface area contributed by atoms with Gasteiger partial charge in [0.15, 0.2) is 5.82 Å². The number of nitrogens with two attached hydrogens (primary N) is 1.